The van der Waals surface area contributed by atoms with Crippen molar-refractivity contribution in [3.05, 3.63) is 57.5 Å². The number of ketones is 1. The van der Waals surface area contributed by atoms with Crippen LogP contribution < -0.4 is 0 Å². The number of carbonyl (C=O) groups excluding carboxylic acids is 1. The molecule has 0 fully saturated rings. The molecule has 0 radical (unpaired) electrons. The number of aromatic nitrogens is 2. The molecular weight excluding hydrogens is 362 g/mol. The summed E-state index contributed by atoms with van der Waals surface area (Å²) in [6, 6.07) is 13.5. The van der Waals surface area contributed by atoms with Gasteiger partial charge in [0.25, 0.3) is 0 Å². The Hall–Kier alpha value is -2.23. The molecular formula is C16H10BrN3OS. The van der Waals surface area contributed by atoms with Crippen LogP contribution >= 0.6 is 27.3 Å². The standard InChI is InChI=1S/C16H10BrN3OS/c1-10(21)15-13(9-18)16(14-6-3-7-22-14)20(19-15)12-5-2-4-11(17)8-12/h2-8H,1H3. The van der Waals surface area contributed by atoms with Crippen LogP contribution in [-0.4, -0.2) is 15.6 Å². The van der Waals surface area contributed by atoms with Gasteiger partial charge in [-0.3, -0.25) is 4.79 Å². The molecule has 1 aromatic carbocycles. The van der Waals surface area contributed by atoms with Gasteiger partial charge in [-0.25, -0.2) is 4.68 Å². The van der Waals surface area contributed by atoms with Crippen LogP contribution in [0.4, 0.5) is 0 Å². The quantitative estimate of drug-likeness (QED) is 0.639. The number of benzene rings is 1. The highest BCUT2D eigenvalue weighted by Gasteiger charge is 2.23. The maximum Gasteiger partial charge on any atom is 0.181 e. The minimum absolute atomic E-state index is 0.200. The summed E-state index contributed by atoms with van der Waals surface area (Å²) in [4.78, 5) is 12.7. The van der Waals surface area contributed by atoms with E-state index < -0.39 is 0 Å². The van der Waals surface area contributed by atoms with E-state index in [1.807, 2.05) is 41.8 Å². The van der Waals surface area contributed by atoms with E-state index in [1.165, 1.54) is 18.3 Å². The van der Waals surface area contributed by atoms with Gasteiger partial charge >= 0.3 is 0 Å². The fraction of sp³-hybridized carbons (Fsp3) is 0.0625. The number of carbonyl (C=O) groups is 1. The molecule has 0 saturated heterocycles. The molecule has 0 aliphatic rings. The van der Waals surface area contributed by atoms with E-state index in [-0.39, 0.29) is 11.5 Å². The summed E-state index contributed by atoms with van der Waals surface area (Å²) in [5.41, 5.74) is 1.96. The monoisotopic (exact) mass is 371 g/mol. The highest BCUT2D eigenvalue weighted by Crippen LogP contribution is 2.32. The molecule has 0 bridgehead atoms. The molecule has 0 unspecified atom stereocenters. The highest BCUT2D eigenvalue weighted by atomic mass is 79.9. The maximum atomic E-state index is 11.8. The number of hydrogen-bond donors (Lipinski definition) is 0. The Morgan fingerprint density at radius 3 is 2.77 bits per heavy atom. The lowest BCUT2D eigenvalue weighted by atomic mass is 10.1. The van der Waals surface area contributed by atoms with Crippen molar-refractivity contribution in [2.45, 2.75) is 6.92 Å². The van der Waals surface area contributed by atoms with E-state index in [9.17, 15) is 10.1 Å². The smallest absolute Gasteiger partial charge is 0.181 e. The minimum atomic E-state index is -0.219. The van der Waals surface area contributed by atoms with Gasteiger partial charge in [-0.15, -0.1) is 11.3 Å². The zero-order valence-electron chi connectivity index (χ0n) is 11.6. The van der Waals surface area contributed by atoms with Crippen LogP contribution in [0.2, 0.25) is 0 Å². The molecule has 2 heterocycles. The first-order valence-corrected chi connectivity index (χ1v) is 8.13. The topological polar surface area (TPSA) is 58.7 Å². The van der Waals surface area contributed by atoms with Crippen molar-refractivity contribution in [2.24, 2.45) is 0 Å². The number of nitrogens with zero attached hydrogens (tertiary/aromatic N) is 3. The molecule has 0 aliphatic carbocycles. The molecule has 6 heteroatoms. The Morgan fingerprint density at radius 2 is 2.18 bits per heavy atom. The Kier molecular flexibility index (Phi) is 3.92. The summed E-state index contributed by atoms with van der Waals surface area (Å²) in [5, 5.41) is 15.8. The minimum Gasteiger partial charge on any atom is -0.293 e. The highest BCUT2D eigenvalue weighted by molar-refractivity contribution is 9.10. The Morgan fingerprint density at radius 1 is 1.36 bits per heavy atom. The van der Waals surface area contributed by atoms with Crippen LogP contribution in [0.25, 0.3) is 16.3 Å². The van der Waals surface area contributed by atoms with E-state index in [4.69, 9.17) is 0 Å². The van der Waals surface area contributed by atoms with Crippen molar-refractivity contribution in [3.8, 4) is 22.3 Å². The van der Waals surface area contributed by atoms with E-state index in [1.54, 1.807) is 4.68 Å². The first-order chi connectivity index (χ1) is 10.6. The van der Waals surface area contributed by atoms with Crippen molar-refractivity contribution in [1.82, 2.24) is 9.78 Å². The van der Waals surface area contributed by atoms with Crippen LogP contribution in [-0.2, 0) is 0 Å². The second-order valence-electron chi connectivity index (χ2n) is 4.61. The van der Waals surface area contributed by atoms with Gasteiger partial charge in [0.1, 0.15) is 23.0 Å². The molecule has 22 heavy (non-hydrogen) atoms. The Bertz CT molecular complexity index is 891. The van der Waals surface area contributed by atoms with E-state index in [0.29, 0.717) is 11.3 Å². The summed E-state index contributed by atoms with van der Waals surface area (Å²) in [6.45, 7) is 1.42. The molecule has 108 valence electrons. The number of halogens is 1. The van der Waals surface area contributed by atoms with Gasteiger partial charge in [0.15, 0.2) is 5.78 Å². The zero-order chi connectivity index (χ0) is 15.7. The van der Waals surface area contributed by atoms with Crippen molar-refractivity contribution >= 4 is 33.0 Å². The molecule has 2 aromatic heterocycles. The van der Waals surface area contributed by atoms with Crippen LogP contribution in [0.5, 0.6) is 0 Å². The first kappa shape index (κ1) is 14.7. The molecule has 0 amide bonds. The summed E-state index contributed by atoms with van der Waals surface area (Å²) >= 11 is 4.94. The third-order valence-electron chi connectivity index (χ3n) is 3.14. The SMILES string of the molecule is CC(=O)c1nn(-c2cccc(Br)c2)c(-c2cccs2)c1C#N. The number of thiophene rings is 1. The van der Waals surface area contributed by atoms with Gasteiger partial charge in [0, 0.05) is 11.4 Å². The lowest BCUT2D eigenvalue weighted by molar-refractivity contribution is 0.101. The summed E-state index contributed by atoms with van der Waals surface area (Å²) in [7, 11) is 0. The van der Waals surface area contributed by atoms with Crippen LogP contribution in [0.15, 0.2) is 46.3 Å². The van der Waals surface area contributed by atoms with Crippen LogP contribution in [0.1, 0.15) is 23.0 Å². The number of rotatable bonds is 3. The molecule has 3 aromatic rings. The Balaban J connectivity index is 2.35. The van der Waals surface area contributed by atoms with Gasteiger partial charge < -0.3 is 0 Å². The second-order valence-corrected chi connectivity index (χ2v) is 6.47. The second kappa shape index (κ2) is 5.87. The number of nitriles is 1. The summed E-state index contributed by atoms with van der Waals surface area (Å²) in [6.07, 6.45) is 0. The third-order valence-corrected chi connectivity index (χ3v) is 4.51. The maximum absolute atomic E-state index is 11.8. The molecule has 0 aliphatic heterocycles. The van der Waals surface area contributed by atoms with Crippen molar-refractivity contribution in [3.63, 3.8) is 0 Å². The largest absolute Gasteiger partial charge is 0.293 e. The first-order valence-electron chi connectivity index (χ1n) is 6.45. The summed E-state index contributed by atoms with van der Waals surface area (Å²) in [5.74, 6) is -0.219. The fourth-order valence-electron chi connectivity index (χ4n) is 2.21. The lowest BCUT2D eigenvalue weighted by Gasteiger charge is -2.06. The van der Waals surface area contributed by atoms with Crippen molar-refractivity contribution in [1.29, 1.82) is 5.26 Å². The molecule has 0 N–H and O–H groups in total. The van der Waals surface area contributed by atoms with Crippen LogP contribution in [0.3, 0.4) is 0 Å². The van der Waals surface area contributed by atoms with Gasteiger partial charge in [-0.2, -0.15) is 10.4 Å². The molecule has 4 nitrogen and oxygen atoms in total. The van der Waals surface area contributed by atoms with Gasteiger partial charge in [0.2, 0.25) is 0 Å². The molecule has 0 saturated carbocycles. The normalized spacial score (nSPS) is 10.4. The van der Waals surface area contributed by atoms with Gasteiger partial charge in [0.05, 0.1) is 10.6 Å². The summed E-state index contributed by atoms with van der Waals surface area (Å²) < 4.78 is 2.56. The third kappa shape index (κ3) is 2.49. The molecule has 0 spiro atoms. The Labute approximate surface area is 139 Å². The van der Waals surface area contributed by atoms with Crippen molar-refractivity contribution < 1.29 is 4.79 Å². The predicted molar refractivity (Wildman–Crippen MR) is 89.3 cm³/mol. The average Bonchev–Trinajstić information content (AvgIpc) is 3.13. The van der Waals surface area contributed by atoms with E-state index >= 15 is 0 Å². The van der Waals surface area contributed by atoms with Crippen LogP contribution in [0, 0.1) is 11.3 Å². The number of hydrogen-bond acceptors (Lipinski definition) is 4. The zero-order valence-corrected chi connectivity index (χ0v) is 14.0. The lowest BCUT2D eigenvalue weighted by Crippen LogP contribution is -2.00. The molecule has 3 rings (SSSR count). The van der Waals surface area contributed by atoms with Crippen molar-refractivity contribution in [2.75, 3.05) is 0 Å². The predicted octanol–water partition coefficient (Wildman–Crippen LogP) is 4.44. The van der Waals surface area contributed by atoms with E-state index in [2.05, 4.69) is 27.1 Å². The van der Waals surface area contributed by atoms with Gasteiger partial charge in [-0.1, -0.05) is 28.1 Å². The average molecular weight is 372 g/mol. The molecule has 0 atom stereocenters. The van der Waals surface area contributed by atoms with Gasteiger partial charge in [-0.05, 0) is 29.6 Å². The van der Waals surface area contributed by atoms with E-state index in [0.717, 1.165) is 15.0 Å². The fourth-order valence-corrected chi connectivity index (χ4v) is 3.35. The number of Topliss-reactive ketones (excluding diaryl/α,β-unsaturated/α-hetero) is 1.